The maximum Gasteiger partial charge on any atom is 0.419 e. The van der Waals surface area contributed by atoms with Crippen molar-refractivity contribution in [2.45, 2.75) is 31.9 Å². The molecule has 0 aliphatic carbocycles. The lowest BCUT2D eigenvalue weighted by atomic mass is 10.1. The van der Waals surface area contributed by atoms with Crippen LogP contribution < -0.4 is 10.1 Å². The number of anilines is 2. The van der Waals surface area contributed by atoms with Gasteiger partial charge in [0.25, 0.3) is 5.91 Å². The quantitative estimate of drug-likeness (QED) is 0.557. The SMILES string of the molecule is COc1cc(C(=O)N2CCCC2)ccc1Nc1ncc(C(F)(F)F)c(CCc2nccn2C)n1. The molecule has 3 aromatic rings. The summed E-state index contributed by atoms with van der Waals surface area (Å²) in [4.78, 5) is 26.6. The number of methoxy groups -OCH3 is 1. The monoisotopic (exact) mass is 474 g/mol. The number of hydrogen-bond donors (Lipinski definition) is 1. The number of benzene rings is 1. The van der Waals surface area contributed by atoms with Crippen LogP contribution in [0.4, 0.5) is 24.8 Å². The number of aromatic nitrogens is 4. The van der Waals surface area contributed by atoms with E-state index in [1.54, 1.807) is 47.1 Å². The van der Waals surface area contributed by atoms with Gasteiger partial charge in [0.05, 0.1) is 24.1 Å². The first-order valence-corrected chi connectivity index (χ1v) is 10.9. The summed E-state index contributed by atoms with van der Waals surface area (Å²) in [7, 11) is 3.24. The average molecular weight is 474 g/mol. The molecule has 1 N–H and O–H groups in total. The second kappa shape index (κ2) is 9.70. The van der Waals surface area contributed by atoms with Crippen molar-refractivity contribution in [2.75, 3.05) is 25.5 Å². The van der Waals surface area contributed by atoms with Crippen LogP contribution in [-0.2, 0) is 26.1 Å². The first-order valence-electron chi connectivity index (χ1n) is 10.9. The number of likely N-dealkylation sites (tertiary alicyclic amines) is 1. The predicted molar refractivity (Wildman–Crippen MR) is 119 cm³/mol. The molecule has 34 heavy (non-hydrogen) atoms. The predicted octanol–water partition coefficient (Wildman–Crippen LogP) is 4.00. The highest BCUT2D eigenvalue weighted by molar-refractivity contribution is 5.95. The Kier molecular flexibility index (Phi) is 6.71. The van der Waals surface area contributed by atoms with Crippen molar-refractivity contribution in [3.63, 3.8) is 0 Å². The van der Waals surface area contributed by atoms with Gasteiger partial charge in [-0.1, -0.05) is 0 Å². The number of rotatable bonds is 7. The highest BCUT2D eigenvalue weighted by Gasteiger charge is 2.35. The minimum atomic E-state index is -4.58. The summed E-state index contributed by atoms with van der Waals surface area (Å²) >= 11 is 0. The Morgan fingerprint density at radius 2 is 1.94 bits per heavy atom. The molecule has 3 heterocycles. The van der Waals surface area contributed by atoms with Crippen molar-refractivity contribution in [3.8, 4) is 5.75 Å². The van der Waals surface area contributed by atoms with Crippen LogP contribution in [0.1, 0.15) is 40.3 Å². The highest BCUT2D eigenvalue weighted by Crippen LogP contribution is 2.33. The van der Waals surface area contributed by atoms with Crippen LogP contribution in [0.5, 0.6) is 5.75 Å². The Labute approximate surface area is 194 Å². The standard InChI is InChI=1S/C23H25F3N6O2/c1-31-12-9-27-20(31)8-7-17-16(23(24,25)26)14-28-22(29-17)30-18-6-5-15(13-19(18)34-2)21(33)32-10-3-4-11-32/h5-6,9,12-14H,3-4,7-8,10-11H2,1-2H3,(H,28,29,30). The van der Waals surface area contributed by atoms with Gasteiger partial charge in [-0.25, -0.2) is 15.0 Å². The fourth-order valence-electron chi connectivity index (χ4n) is 3.92. The lowest BCUT2D eigenvalue weighted by Crippen LogP contribution is -2.27. The number of alkyl halides is 3. The van der Waals surface area contributed by atoms with E-state index in [1.165, 1.54) is 7.11 Å². The molecule has 1 amide bonds. The Balaban J connectivity index is 1.57. The molecule has 1 aromatic carbocycles. The van der Waals surface area contributed by atoms with Crippen molar-refractivity contribution in [1.29, 1.82) is 0 Å². The van der Waals surface area contributed by atoms with Gasteiger partial charge in [-0.3, -0.25) is 4.79 Å². The number of nitrogens with zero attached hydrogens (tertiary/aromatic N) is 5. The lowest BCUT2D eigenvalue weighted by Gasteiger charge is -2.17. The molecule has 11 heteroatoms. The van der Waals surface area contributed by atoms with Gasteiger partial charge in [0.15, 0.2) is 0 Å². The third kappa shape index (κ3) is 5.13. The van der Waals surface area contributed by atoms with E-state index in [1.807, 2.05) is 0 Å². The second-order valence-electron chi connectivity index (χ2n) is 8.05. The molecule has 0 saturated carbocycles. The number of carbonyl (C=O) groups is 1. The van der Waals surface area contributed by atoms with E-state index in [-0.39, 0.29) is 24.0 Å². The fourth-order valence-corrected chi connectivity index (χ4v) is 3.92. The van der Waals surface area contributed by atoms with Crippen LogP contribution in [0.3, 0.4) is 0 Å². The van der Waals surface area contributed by atoms with Crippen LogP contribution in [-0.4, -0.2) is 50.5 Å². The van der Waals surface area contributed by atoms with Gasteiger partial charge in [0.1, 0.15) is 11.6 Å². The smallest absolute Gasteiger partial charge is 0.419 e. The zero-order chi connectivity index (χ0) is 24.3. The first-order chi connectivity index (χ1) is 16.3. The number of carbonyl (C=O) groups excluding carboxylic acids is 1. The molecule has 180 valence electrons. The van der Waals surface area contributed by atoms with E-state index in [0.717, 1.165) is 32.1 Å². The van der Waals surface area contributed by atoms with E-state index in [2.05, 4.69) is 20.3 Å². The van der Waals surface area contributed by atoms with Gasteiger partial charge in [0.2, 0.25) is 5.95 Å². The normalized spacial score (nSPS) is 13.9. The van der Waals surface area contributed by atoms with Gasteiger partial charge in [-0.2, -0.15) is 13.2 Å². The van der Waals surface area contributed by atoms with Gasteiger partial charge in [-0.05, 0) is 37.5 Å². The molecule has 0 radical (unpaired) electrons. The second-order valence-corrected chi connectivity index (χ2v) is 8.05. The van der Waals surface area contributed by atoms with E-state index >= 15 is 0 Å². The zero-order valence-electron chi connectivity index (χ0n) is 18.9. The highest BCUT2D eigenvalue weighted by atomic mass is 19.4. The third-order valence-electron chi connectivity index (χ3n) is 5.77. The molecule has 8 nitrogen and oxygen atoms in total. The summed E-state index contributed by atoms with van der Waals surface area (Å²) in [5, 5.41) is 2.92. The molecule has 1 fully saturated rings. The molecule has 1 aliphatic rings. The van der Waals surface area contributed by atoms with Crippen LogP contribution in [0.25, 0.3) is 0 Å². The molecule has 0 spiro atoms. The Hall–Kier alpha value is -3.63. The molecule has 0 bridgehead atoms. The number of ether oxygens (including phenoxy) is 1. The number of imidazole rings is 1. The third-order valence-corrected chi connectivity index (χ3v) is 5.77. The van der Waals surface area contributed by atoms with Crippen LogP contribution in [0, 0.1) is 0 Å². The topological polar surface area (TPSA) is 85.2 Å². The van der Waals surface area contributed by atoms with Gasteiger partial charge >= 0.3 is 6.18 Å². The number of halogens is 3. The maximum atomic E-state index is 13.5. The van der Waals surface area contributed by atoms with Crippen molar-refractivity contribution in [1.82, 2.24) is 24.4 Å². The molecule has 4 rings (SSSR count). The number of aryl methyl sites for hydroxylation is 3. The minimum absolute atomic E-state index is 0.000222. The summed E-state index contributed by atoms with van der Waals surface area (Å²) < 4.78 is 47.8. The lowest BCUT2D eigenvalue weighted by molar-refractivity contribution is -0.138. The number of hydrogen-bond acceptors (Lipinski definition) is 6. The molecule has 0 atom stereocenters. The van der Waals surface area contributed by atoms with Crippen LogP contribution >= 0.6 is 0 Å². The molecular formula is C23H25F3N6O2. The van der Waals surface area contributed by atoms with Crippen molar-refractivity contribution >= 4 is 17.5 Å². The number of nitrogens with one attached hydrogen (secondary N) is 1. The van der Waals surface area contributed by atoms with Crippen LogP contribution in [0.2, 0.25) is 0 Å². The summed E-state index contributed by atoms with van der Waals surface area (Å²) in [6.07, 6.45) is 1.82. The summed E-state index contributed by atoms with van der Waals surface area (Å²) in [6, 6.07) is 4.89. The Morgan fingerprint density at radius 3 is 2.59 bits per heavy atom. The Bertz CT molecular complexity index is 1170. The first kappa shape index (κ1) is 23.5. The molecule has 1 saturated heterocycles. The summed E-state index contributed by atoms with van der Waals surface area (Å²) in [5.74, 6) is 0.939. The fraction of sp³-hybridized carbons (Fsp3) is 0.391. The minimum Gasteiger partial charge on any atom is -0.495 e. The molecule has 2 aromatic heterocycles. The summed E-state index contributed by atoms with van der Waals surface area (Å²) in [6.45, 7) is 1.45. The van der Waals surface area contributed by atoms with Gasteiger partial charge in [-0.15, -0.1) is 0 Å². The molecule has 1 aliphatic heterocycles. The van der Waals surface area contributed by atoms with E-state index in [4.69, 9.17) is 4.74 Å². The Morgan fingerprint density at radius 1 is 1.18 bits per heavy atom. The summed E-state index contributed by atoms with van der Waals surface area (Å²) in [5.41, 5.74) is -0.0951. The van der Waals surface area contributed by atoms with Crippen molar-refractivity contribution in [3.05, 3.63) is 59.4 Å². The van der Waals surface area contributed by atoms with E-state index < -0.39 is 11.7 Å². The zero-order valence-corrected chi connectivity index (χ0v) is 18.9. The van der Waals surface area contributed by atoms with Crippen LogP contribution in [0.15, 0.2) is 36.8 Å². The number of amides is 1. The van der Waals surface area contributed by atoms with E-state index in [0.29, 0.717) is 29.2 Å². The average Bonchev–Trinajstić information content (AvgIpc) is 3.49. The molecule has 0 unspecified atom stereocenters. The van der Waals surface area contributed by atoms with Crippen molar-refractivity contribution < 1.29 is 22.7 Å². The molecular weight excluding hydrogens is 449 g/mol. The largest absolute Gasteiger partial charge is 0.495 e. The maximum absolute atomic E-state index is 13.5. The van der Waals surface area contributed by atoms with E-state index in [9.17, 15) is 18.0 Å². The van der Waals surface area contributed by atoms with Gasteiger partial charge < -0.3 is 19.5 Å². The van der Waals surface area contributed by atoms with Gasteiger partial charge in [0, 0.05) is 50.7 Å². The van der Waals surface area contributed by atoms with Crippen molar-refractivity contribution in [2.24, 2.45) is 7.05 Å².